The van der Waals surface area contributed by atoms with Crippen LogP contribution in [0.3, 0.4) is 0 Å². The summed E-state index contributed by atoms with van der Waals surface area (Å²) >= 11 is 0. The Balaban J connectivity index is 1.51. The zero-order chi connectivity index (χ0) is 17.6. The van der Waals surface area contributed by atoms with Crippen LogP contribution < -0.4 is 5.73 Å². The summed E-state index contributed by atoms with van der Waals surface area (Å²) in [7, 11) is 0. The summed E-state index contributed by atoms with van der Waals surface area (Å²) in [4.78, 5) is 20.7. The topological polar surface area (TPSA) is 88.5 Å². The summed E-state index contributed by atoms with van der Waals surface area (Å²) in [6.45, 7) is 6.33. The van der Waals surface area contributed by atoms with Crippen LogP contribution in [0.25, 0.3) is 11.4 Å². The summed E-state index contributed by atoms with van der Waals surface area (Å²) in [6, 6.07) is 8.06. The third-order valence-electron chi connectivity index (χ3n) is 4.46. The first-order valence-corrected chi connectivity index (χ1v) is 8.75. The van der Waals surface area contributed by atoms with Gasteiger partial charge in [-0.2, -0.15) is 4.98 Å². The van der Waals surface area contributed by atoms with Crippen LogP contribution >= 0.6 is 0 Å². The zero-order valence-corrected chi connectivity index (χ0v) is 14.6. The quantitative estimate of drug-likeness (QED) is 0.853. The van der Waals surface area contributed by atoms with Crippen molar-refractivity contribution in [2.24, 2.45) is 5.73 Å². The highest BCUT2D eigenvalue weighted by Gasteiger charge is 2.22. The fourth-order valence-electron chi connectivity index (χ4n) is 2.90. The van der Waals surface area contributed by atoms with Gasteiger partial charge < -0.3 is 15.2 Å². The summed E-state index contributed by atoms with van der Waals surface area (Å²) in [6.07, 6.45) is 1.29. The Hall–Kier alpha value is -2.25. The maximum Gasteiger partial charge on any atom is 0.241 e. The summed E-state index contributed by atoms with van der Waals surface area (Å²) < 4.78 is 5.38. The van der Waals surface area contributed by atoms with Gasteiger partial charge in [0.1, 0.15) is 0 Å². The molecule has 1 aromatic carbocycles. The van der Waals surface area contributed by atoms with Crippen LogP contribution in [0.2, 0.25) is 0 Å². The number of nitrogens with two attached hydrogens (primary N) is 1. The molecule has 0 spiro atoms. The van der Waals surface area contributed by atoms with Crippen LogP contribution in [-0.2, 0) is 11.3 Å². The largest absolute Gasteiger partial charge is 0.340 e. The van der Waals surface area contributed by atoms with Crippen LogP contribution in [-0.4, -0.2) is 58.6 Å². The highest BCUT2D eigenvalue weighted by atomic mass is 16.5. The van der Waals surface area contributed by atoms with E-state index in [0.717, 1.165) is 38.2 Å². The standard InChI is InChI=1S/C18H25N5O2/c1-14-4-6-15(7-5-14)18-20-16(25-21-18)13-22-9-11-23(12-10-22)17(24)3-2-8-19/h4-7H,2-3,8-13,19H2,1H3. The molecule has 2 N–H and O–H groups in total. The maximum absolute atomic E-state index is 12.0. The van der Waals surface area contributed by atoms with Gasteiger partial charge in [-0.05, 0) is 19.9 Å². The molecule has 0 radical (unpaired) electrons. The number of amides is 1. The Morgan fingerprint density at radius 1 is 1.20 bits per heavy atom. The van der Waals surface area contributed by atoms with E-state index in [9.17, 15) is 4.79 Å². The Morgan fingerprint density at radius 2 is 1.92 bits per heavy atom. The average molecular weight is 343 g/mol. The minimum atomic E-state index is 0.199. The molecule has 1 aliphatic heterocycles. The van der Waals surface area contributed by atoms with Crippen molar-refractivity contribution in [2.75, 3.05) is 32.7 Å². The number of benzene rings is 1. The molecule has 134 valence electrons. The summed E-state index contributed by atoms with van der Waals surface area (Å²) in [5.41, 5.74) is 7.62. The second kappa shape index (κ2) is 8.22. The van der Waals surface area contributed by atoms with Crippen molar-refractivity contribution >= 4 is 5.91 Å². The van der Waals surface area contributed by atoms with E-state index in [2.05, 4.69) is 15.0 Å². The van der Waals surface area contributed by atoms with Gasteiger partial charge in [-0.3, -0.25) is 9.69 Å². The van der Waals surface area contributed by atoms with E-state index in [0.29, 0.717) is 31.2 Å². The molecule has 25 heavy (non-hydrogen) atoms. The first-order chi connectivity index (χ1) is 12.2. The lowest BCUT2D eigenvalue weighted by molar-refractivity contribution is -0.133. The van der Waals surface area contributed by atoms with Crippen molar-refractivity contribution in [2.45, 2.75) is 26.3 Å². The van der Waals surface area contributed by atoms with Gasteiger partial charge in [0.05, 0.1) is 6.54 Å². The Kier molecular flexibility index (Phi) is 5.78. The van der Waals surface area contributed by atoms with Crippen LogP contribution in [0.1, 0.15) is 24.3 Å². The van der Waals surface area contributed by atoms with Gasteiger partial charge in [-0.25, -0.2) is 0 Å². The molecule has 1 amide bonds. The molecular weight excluding hydrogens is 318 g/mol. The van der Waals surface area contributed by atoms with Crippen LogP contribution in [0.15, 0.2) is 28.8 Å². The van der Waals surface area contributed by atoms with E-state index < -0.39 is 0 Å². The number of rotatable bonds is 6. The van der Waals surface area contributed by atoms with Crippen molar-refractivity contribution < 1.29 is 9.32 Å². The number of carbonyl (C=O) groups excluding carboxylic acids is 1. The first-order valence-electron chi connectivity index (χ1n) is 8.75. The molecule has 3 rings (SSSR count). The molecule has 2 aromatic rings. The molecule has 1 aromatic heterocycles. The predicted octanol–water partition coefficient (Wildman–Crippen LogP) is 1.43. The van der Waals surface area contributed by atoms with Crippen molar-refractivity contribution in [3.05, 3.63) is 35.7 Å². The molecular formula is C18H25N5O2. The number of aromatic nitrogens is 2. The van der Waals surface area contributed by atoms with E-state index in [-0.39, 0.29) is 5.91 Å². The molecule has 0 atom stereocenters. The number of hydrogen-bond donors (Lipinski definition) is 1. The number of carbonyl (C=O) groups is 1. The number of hydrogen-bond acceptors (Lipinski definition) is 6. The van der Waals surface area contributed by atoms with E-state index in [1.807, 2.05) is 36.1 Å². The van der Waals surface area contributed by atoms with Gasteiger partial charge in [0.25, 0.3) is 0 Å². The third-order valence-corrected chi connectivity index (χ3v) is 4.46. The first kappa shape index (κ1) is 17.6. The van der Waals surface area contributed by atoms with E-state index in [1.165, 1.54) is 5.56 Å². The lowest BCUT2D eigenvalue weighted by Crippen LogP contribution is -2.48. The van der Waals surface area contributed by atoms with E-state index in [4.69, 9.17) is 10.3 Å². The minimum Gasteiger partial charge on any atom is -0.340 e. The van der Waals surface area contributed by atoms with Crippen molar-refractivity contribution in [3.63, 3.8) is 0 Å². The molecule has 0 unspecified atom stereocenters. The van der Waals surface area contributed by atoms with Crippen LogP contribution in [0.4, 0.5) is 0 Å². The summed E-state index contributed by atoms with van der Waals surface area (Å²) in [5.74, 6) is 1.42. The smallest absolute Gasteiger partial charge is 0.241 e. The van der Waals surface area contributed by atoms with Gasteiger partial charge in [-0.15, -0.1) is 0 Å². The normalized spacial score (nSPS) is 15.5. The molecule has 7 heteroatoms. The van der Waals surface area contributed by atoms with Gasteiger partial charge in [0, 0.05) is 38.2 Å². The second-order valence-electron chi connectivity index (χ2n) is 6.43. The molecule has 7 nitrogen and oxygen atoms in total. The molecule has 1 fully saturated rings. The molecule has 2 heterocycles. The van der Waals surface area contributed by atoms with Crippen LogP contribution in [0, 0.1) is 6.92 Å². The lowest BCUT2D eigenvalue weighted by atomic mass is 10.1. The fraction of sp³-hybridized carbons (Fsp3) is 0.500. The lowest BCUT2D eigenvalue weighted by Gasteiger charge is -2.34. The Morgan fingerprint density at radius 3 is 2.60 bits per heavy atom. The highest BCUT2D eigenvalue weighted by molar-refractivity contribution is 5.76. The Labute approximate surface area is 147 Å². The number of nitrogens with zero attached hydrogens (tertiary/aromatic N) is 4. The van der Waals surface area contributed by atoms with Crippen molar-refractivity contribution in [1.29, 1.82) is 0 Å². The van der Waals surface area contributed by atoms with Gasteiger partial charge in [0.2, 0.25) is 17.6 Å². The molecule has 0 aliphatic carbocycles. The average Bonchev–Trinajstić information content (AvgIpc) is 3.09. The SMILES string of the molecule is Cc1ccc(-c2noc(CN3CCN(C(=O)CCCN)CC3)n2)cc1. The van der Waals surface area contributed by atoms with E-state index >= 15 is 0 Å². The molecule has 0 saturated carbocycles. The van der Waals surface area contributed by atoms with Gasteiger partial charge in [0.15, 0.2) is 0 Å². The summed E-state index contributed by atoms with van der Waals surface area (Å²) in [5, 5.41) is 4.07. The minimum absolute atomic E-state index is 0.199. The fourth-order valence-corrected chi connectivity index (χ4v) is 2.90. The van der Waals surface area contributed by atoms with Crippen molar-refractivity contribution in [3.8, 4) is 11.4 Å². The van der Waals surface area contributed by atoms with Crippen LogP contribution in [0.5, 0.6) is 0 Å². The Bertz CT molecular complexity index is 690. The van der Waals surface area contributed by atoms with Crippen molar-refractivity contribution in [1.82, 2.24) is 19.9 Å². The third kappa shape index (κ3) is 4.64. The second-order valence-corrected chi connectivity index (χ2v) is 6.43. The predicted molar refractivity (Wildman–Crippen MR) is 94.6 cm³/mol. The highest BCUT2D eigenvalue weighted by Crippen LogP contribution is 2.17. The van der Waals surface area contributed by atoms with Gasteiger partial charge in [-0.1, -0.05) is 35.0 Å². The van der Waals surface area contributed by atoms with E-state index in [1.54, 1.807) is 0 Å². The zero-order valence-electron chi connectivity index (χ0n) is 14.6. The molecule has 1 saturated heterocycles. The van der Waals surface area contributed by atoms with Gasteiger partial charge >= 0.3 is 0 Å². The number of piperazine rings is 1. The number of aryl methyl sites for hydroxylation is 1. The maximum atomic E-state index is 12.0. The monoisotopic (exact) mass is 343 g/mol. The molecule has 0 bridgehead atoms. The molecule has 1 aliphatic rings.